The van der Waals surface area contributed by atoms with Crippen molar-refractivity contribution in [2.24, 2.45) is 13.0 Å². The third kappa shape index (κ3) is 7.47. The summed E-state index contributed by atoms with van der Waals surface area (Å²) in [6.07, 6.45) is 10.5. The van der Waals surface area contributed by atoms with Crippen LogP contribution in [0.25, 0.3) is 28.0 Å². The number of piperidine rings is 2. The van der Waals surface area contributed by atoms with Gasteiger partial charge in [0.1, 0.15) is 11.6 Å². The molecule has 0 aliphatic carbocycles. The average Bonchev–Trinajstić information content (AvgIpc) is 3.70. The van der Waals surface area contributed by atoms with Crippen LogP contribution in [0.15, 0.2) is 61.3 Å². The number of aromatic nitrogens is 5. The van der Waals surface area contributed by atoms with Crippen LogP contribution in [0.5, 0.6) is 0 Å². The lowest BCUT2D eigenvalue weighted by atomic mass is 9.96. The molecule has 8 rings (SSSR count). The SMILES string of the molecule is C=C1Nc2nc3ccc(N4CCC(N(C)C5CCN(c6cc(F)cc(F)c6)CC5)CC4)cc3n2C[C@H](C)CCCCc2c(cnn2C)-c2cc1cc(C)n2. The monoisotopic (exact) mass is 733 g/mol. The van der Waals surface area contributed by atoms with Crippen molar-refractivity contribution in [2.75, 3.05) is 48.3 Å². The summed E-state index contributed by atoms with van der Waals surface area (Å²) in [5, 5.41) is 8.22. The summed E-state index contributed by atoms with van der Waals surface area (Å²) < 4.78 is 32.1. The fourth-order valence-electron chi connectivity index (χ4n) is 9.02. The van der Waals surface area contributed by atoms with E-state index in [1.165, 1.54) is 23.5 Å². The molecule has 0 radical (unpaired) electrons. The Labute approximate surface area is 317 Å². The Hall–Kier alpha value is -4.77. The summed E-state index contributed by atoms with van der Waals surface area (Å²) in [7, 11) is 4.30. The number of nitrogens with one attached hydrogen (secondary N) is 1. The molecule has 9 nitrogen and oxygen atoms in total. The molecule has 11 heteroatoms. The molecule has 0 saturated carbocycles. The molecule has 54 heavy (non-hydrogen) atoms. The summed E-state index contributed by atoms with van der Waals surface area (Å²) in [4.78, 5) is 17.3. The summed E-state index contributed by atoms with van der Waals surface area (Å²) in [5.41, 5.74) is 9.99. The largest absolute Gasteiger partial charge is 0.371 e. The van der Waals surface area contributed by atoms with E-state index in [4.69, 9.17) is 9.97 Å². The average molecular weight is 734 g/mol. The molecule has 0 amide bonds. The van der Waals surface area contributed by atoms with E-state index >= 15 is 0 Å². The Balaban J connectivity index is 0.976. The van der Waals surface area contributed by atoms with Crippen molar-refractivity contribution in [3.8, 4) is 11.3 Å². The zero-order chi connectivity index (χ0) is 37.5. The van der Waals surface area contributed by atoms with E-state index in [9.17, 15) is 8.78 Å². The minimum Gasteiger partial charge on any atom is -0.371 e. The summed E-state index contributed by atoms with van der Waals surface area (Å²) in [5.74, 6) is 0.255. The van der Waals surface area contributed by atoms with E-state index in [2.05, 4.69) is 80.6 Å². The van der Waals surface area contributed by atoms with Crippen LogP contribution < -0.4 is 15.1 Å². The van der Waals surface area contributed by atoms with Crippen molar-refractivity contribution in [3.63, 3.8) is 0 Å². The van der Waals surface area contributed by atoms with E-state index in [-0.39, 0.29) is 0 Å². The Morgan fingerprint density at radius 1 is 0.833 bits per heavy atom. The maximum atomic E-state index is 13.9. The quantitative estimate of drug-likeness (QED) is 0.199. The lowest BCUT2D eigenvalue weighted by molar-refractivity contribution is 0.129. The van der Waals surface area contributed by atoms with Crippen molar-refractivity contribution in [1.82, 2.24) is 29.2 Å². The van der Waals surface area contributed by atoms with Gasteiger partial charge in [0.2, 0.25) is 5.95 Å². The molecular weight excluding hydrogens is 681 g/mol. The molecule has 2 bridgehead atoms. The summed E-state index contributed by atoms with van der Waals surface area (Å²) in [6.45, 7) is 13.3. The Morgan fingerprint density at radius 2 is 1.52 bits per heavy atom. The molecule has 0 unspecified atom stereocenters. The molecule has 284 valence electrons. The highest BCUT2D eigenvalue weighted by Gasteiger charge is 2.30. The van der Waals surface area contributed by atoms with Crippen molar-refractivity contribution in [2.45, 2.75) is 83.8 Å². The van der Waals surface area contributed by atoms with Gasteiger partial charge in [0.25, 0.3) is 0 Å². The maximum absolute atomic E-state index is 13.9. The first-order valence-corrected chi connectivity index (χ1v) is 19.7. The molecule has 5 aromatic rings. The second-order valence-corrected chi connectivity index (χ2v) is 15.9. The molecule has 2 saturated heterocycles. The van der Waals surface area contributed by atoms with Gasteiger partial charge in [-0.25, -0.2) is 13.8 Å². The molecule has 2 aromatic carbocycles. The van der Waals surface area contributed by atoms with E-state index in [1.807, 2.05) is 24.9 Å². The van der Waals surface area contributed by atoms with E-state index < -0.39 is 11.6 Å². The van der Waals surface area contributed by atoms with Crippen molar-refractivity contribution in [1.29, 1.82) is 0 Å². The number of fused-ring (bicyclic) bond motifs is 7. The number of hydrogen-bond donors (Lipinski definition) is 1. The van der Waals surface area contributed by atoms with Gasteiger partial charge in [-0.05, 0) is 107 Å². The molecule has 3 aliphatic heterocycles. The smallest absolute Gasteiger partial charge is 0.208 e. The molecule has 3 aliphatic rings. The van der Waals surface area contributed by atoms with Gasteiger partial charge >= 0.3 is 0 Å². The van der Waals surface area contributed by atoms with Gasteiger partial charge in [-0.3, -0.25) is 9.67 Å². The molecule has 1 N–H and O–H groups in total. The number of rotatable bonds is 4. The lowest BCUT2D eigenvalue weighted by Gasteiger charge is -2.44. The van der Waals surface area contributed by atoms with Crippen LogP contribution in [-0.2, 0) is 20.0 Å². The maximum Gasteiger partial charge on any atom is 0.208 e. The summed E-state index contributed by atoms with van der Waals surface area (Å²) in [6, 6.07) is 15.8. The van der Waals surface area contributed by atoms with E-state index in [0.717, 1.165) is 135 Å². The molecule has 0 spiro atoms. The van der Waals surface area contributed by atoms with Crippen LogP contribution in [-0.4, -0.2) is 74.5 Å². The number of pyridine rings is 1. The van der Waals surface area contributed by atoms with Crippen LogP contribution in [0.2, 0.25) is 0 Å². The molecule has 6 heterocycles. The second-order valence-electron chi connectivity index (χ2n) is 15.9. The number of aryl methyl sites for hydroxylation is 2. The van der Waals surface area contributed by atoms with Crippen LogP contribution >= 0.6 is 0 Å². The van der Waals surface area contributed by atoms with Crippen LogP contribution in [0.4, 0.5) is 26.1 Å². The van der Waals surface area contributed by atoms with Crippen LogP contribution in [0.3, 0.4) is 0 Å². The van der Waals surface area contributed by atoms with E-state index in [0.29, 0.717) is 23.7 Å². The molecule has 1 atom stereocenters. The highest BCUT2D eigenvalue weighted by atomic mass is 19.1. The molecule has 3 aromatic heterocycles. The predicted octanol–water partition coefficient (Wildman–Crippen LogP) is 8.43. The fraction of sp³-hybridized carbons (Fsp3) is 0.465. The number of benzene rings is 2. The highest BCUT2D eigenvalue weighted by molar-refractivity contribution is 5.85. The Morgan fingerprint density at radius 3 is 2.22 bits per heavy atom. The summed E-state index contributed by atoms with van der Waals surface area (Å²) >= 11 is 0. The zero-order valence-corrected chi connectivity index (χ0v) is 32.2. The minimum atomic E-state index is -0.516. The number of anilines is 3. The lowest BCUT2D eigenvalue weighted by Crippen LogP contribution is -2.50. The number of halogens is 2. The van der Waals surface area contributed by atoms with Crippen LogP contribution in [0.1, 0.15) is 68.8 Å². The van der Waals surface area contributed by atoms with E-state index in [1.54, 1.807) is 0 Å². The van der Waals surface area contributed by atoms with Gasteiger partial charge in [0, 0.05) is 97.5 Å². The number of nitrogens with zero attached hydrogens (tertiary/aromatic N) is 8. The topological polar surface area (TPSA) is 70.3 Å². The van der Waals surface area contributed by atoms with Gasteiger partial charge in [0.05, 0.1) is 22.9 Å². The Kier molecular flexibility index (Phi) is 10.2. The normalized spacial score (nSPS) is 19.4. The van der Waals surface area contributed by atoms with Gasteiger partial charge in [-0.15, -0.1) is 0 Å². The molecule has 2 fully saturated rings. The van der Waals surface area contributed by atoms with Crippen molar-refractivity contribution in [3.05, 3.63) is 89.9 Å². The standard InChI is InChI=1S/C43H53F2N9/c1-28-8-6-7-9-41-38(26-46-51(41)5)40-21-31(20-29(2)47-40)30(3)48-43-49-39-11-10-36(25-42(39)54(43)27-28)52-16-12-34(13-17-52)50(4)35-14-18-53(19-15-35)37-23-32(44)22-33(45)24-37/h10-11,20-26,28,34-35H,3,6-9,12-19,27H2,1-2,4-5H3,(H,48,49)/t28-/m1/s1. The highest BCUT2D eigenvalue weighted by Crippen LogP contribution is 2.33. The first-order chi connectivity index (χ1) is 26.1. The zero-order valence-electron chi connectivity index (χ0n) is 32.2. The minimum absolute atomic E-state index is 0.467. The first-order valence-electron chi connectivity index (χ1n) is 19.7. The third-order valence-corrected chi connectivity index (χ3v) is 12.1. The van der Waals surface area contributed by atoms with Gasteiger partial charge in [-0.2, -0.15) is 5.10 Å². The fourth-order valence-corrected chi connectivity index (χ4v) is 9.02. The van der Waals surface area contributed by atoms with Crippen molar-refractivity contribution < 1.29 is 8.78 Å². The number of hydrogen-bond acceptors (Lipinski definition) is 7. The van der Waals surface area contributed by atoms with Crippen molar-refractivity contribution >= 4 is 34.1 Å². The van der Waals surface area contributed by atoms with Gasteiger partial charge in [0.15, 0.2) is 0 Å². The third-order valence-electron chi connectivity index (χ3n) is 12.1. The first kappa shape index (κ1) is 36.2. The van der Waals surface area contributed by atoms with Crippen LogP contribution in [0, 0.1) is 24.5 Å². The van der Waals surface area contributed by atoms with Gasteiger partial charge < -0.3 is 24.6 Å². The number of imidazole rings is 1. The molecular formula is C43H53F2N9. The predicted molar refractivity (Wildman–Crippen MR) is 215 cm³/mol. The Bertz CT molecular complexity index is 2120. The van der Waals surface area contributed by atoms with Gasteiger partial charge in [-0.1, -0.05) is 19.9 Å². The second kappa shape index (κ2) is 15.2.